The fraction of sp³-hybridized carbons (Fsp3) is 0.172. The summed E-state index contributed by atoms with van der Waals surface area (Å²) in [5.74, 6) is 2.01. The fourth-order valence-electron chi connectivity index (χ4n) is 5.00. The zero-order chi connectivity index (χ0) is 28.8. The van der Waals surface area contributed by atoms with Gasteiger partial charge in [0.2, 0.25) is 5.88 Å². The minimum atomic E-state index is -0.180. The highest BCUT2D eigenvalue weighted by Gasteiger charge is 2.36. The number of hydrogen-bond donors (Lipinski definition) is 0. The maximum atomic E-state index is 13.2. The van der Waals surface area contributed by atoms with E-state index in [2.05, 4.69) is 20.3 Å². The van der Waals surface area contributed by atoms with E-state index in [4.69, 9.17) is 37.3 Å². The molecule has 210 valence electrons. The Kier molecular flexibility index (Phi) is 6.60. The van der Waals surface area contributed by atoms with E-state index in [1.807, 2.05) is 42.1 Å². The highest BCUT2D eigenvalue weighted by atomic mass is 35.5. The predicted octanol–water partition coefficient (Wildman–Crippen LogP) is 5.60. The molecule has 1 aliphatic heterocycles. The first-order chi connectivity index (χ1) is 20.4. The van der Waals surface area contributed by atoms with E-state index in [1.165, 1.54) is 12.5 Å². The van der Waals surface area contributed by atoms with Gasteiger partial charge in [-0.1, -0.05) is 40.5 Å². The van der Waals surface area contributed by atoms with Crippen LogP contribution in [0.25, 0.3) is 22.6 Å². The molecule has 13 heteroatoms. The minimum Gasteiger partial charge on any atom is -0.448 e. The number of likely N-dealkylation sites (tertiary alicyclic amines) is 1. The molecule has 6 aromatic rings. The summed E-state index contributed by atoms with van der Waals surface area (Å²) in [6.07, 6.45) is 3.26. The molecule has 42 heavy (non-hydrogen) atoms. The molecule has 4 aromatic heterocycles. The van der Waals surface area contributed by atoms with Gasteiger partial charge in [0.15, 0.2) is 12.2 Å². The van der Waals surface area contributed by atoms with Gasteiger partial charge in [0.25, 0.3) is 5.91 Å². The summed E-state index contributed by atoms with van der Waals surface area (Å²) < 4.78 is 15.2. The number of hydrogen-bond acceptors (Lipinski definition) is 8. The third-order valence-electron chi connectivity index (χ3n) is 7.13. The average molecular weight is 601 g/mol. The largest absolute Gasteiger partial charge is 0.448 e. The molecule has 0 aliphatic carbocycles. The number of benzene rings is 2. The molecule has 0 saturated carbocycles. The van der Waals surface area contributed by atoms with Crippen LogP contribution in [0.2, 0.25) is 10.2 Å². The number of carbonyl (C=O) groups is 1. The first-order valence-corrected chi connectivity index (χ1v) is 13.8. The number of amides is 1. The van der Waals surface area contributed by atoms with Gasteiger partial charge in [-0.25, -0.2) is 19.6 Å². The van der Waals surface area contributed by atoms with Crippen molar-refractivity contribution >= 4 is 40.1 Å². The van der Waals surface area contributed by atoms with Crippen LogP contribution < -0.4 is 4.74 Å². The van der Waals surface area contributed by atoms with Crippen LogP contribution in [0.5, 0.6) is 11.6 Å². The van der Waals surface area contributed by atoms with Crippen molar-refractivity contribution < 1.29 is 13.9 Å². The molecular weight excluding hydrogens is 579 g/mol. The van der Waals surface area contributed by atoms with Crippen LogP contribution in [0.4, 0.5) is 0 Å². The molecule has 11 nitrogen and oxygen atoms in total. The minimum absolute atomic E-state index is 0.00335. The lowest BCUT2D eigenvalue weighted by atomic mass is 9.95. The molecule has 0 radical (unpaired) electrons. The van der Waals surface area contributed by atoms with Crippen LogP contribution >= 0.6 is 23.2 Å². The average Bonchev–Trinajstić information content (AvgIpc) is 3.69. The molecule has 7 rings (SSSR count). The topological polar surface area (TPSA) is 117 Å². The zero-order valence-electron chi connectivity index (χ0n) is 22.2. The quantitative estimate of drug-likeness (QED) is 0.217. The first-order valence-electron chi connectivity index (χ1n) is 13.1. The van der Waals surface area contributed by atoms with E-state index in [0.717, 1.165) is 28.3 Å². The molecule has 2 aromatic carbocycles. The molecular formula is C29H22Cl2N8O3. The van der Waals surface area contributed by atoms with Crippen molar-refractivity contribution in [1.29, 1.82) is 0 Å². The Hall–Kier alpha value is -4.74. The van der Waals surface area contributed by atoms with Crippen molar-refractivity contribution in [3.8, 4) is 23.1 Å². The number of fused-ring (bicyclic) bond motifs is 1. The molecule has 5 heterocycles. The maximum absolute atomic E-state index is 13.2. The highest BCUT2D eigenvalue weighted by molar-refractivity contribution is 6.30. The van der Waals surface area contributed by atoms with Crippen LogP contribution in [0.1, 0.15) is 27.7 Å². The van der Waals surface area contributed by atoms with Crippen molar-refractivity contribution in [3.05, 3.63) is 100 Å². The molecule has 0 unspecified atom stereocenters. The Labute approximate surface area is 249 Å². The van der Waals surface area contributed by atoms with Gasteiger partial charge < -0.3 is 18.6 Å². The summed E-state index contributed by atoms with van der Waals surface area (Å²) in [4.78, 5) is 28.2. The number of aryl methyl sites for hydroxylation is 1. The van der Waals surface area contributed by atoms with E-state index in [1.54, 1.807) is 39.9 Å². The Morgan fingerprint density at radius 1 is 1.07 bits per heavy atom. The fourth-order valence-corrected chi connectivity index (χ4v) is 5.33. The third kappa shape index (κ3) is 4.97. The van der Waals surface area contributed by atoms with Gasteiger partial charge in [-0.05, 0) is 42.5 Å². The number of rotatable bonds is 7. The van der Waals surface area contributed by atoms with Gasteiger partial charge in [0, 0.05) is 36.8 Å². The van der Waals surface area contributed by atoms with Crippen LogP contribution in [0, 0.1) is 0 Å². The standard InChI is InChI=1S/C29H22Cl2N8O3/c1-37-24-5-3-2-4-21(24)33-28(37)23-15-39(36-35-23)14-22-27(41-16-32-22)18-12-38(13-18)29(40)17-10-25(31)34-26(11-17)42-20-8-6-19(30)7-9-20/h2-11,15-16,18H,12-14H2,1H3. The zero-order valence-corrected chi connectivity index (χ0v) is 23.7. The number of oxazole rings is 1. The molecule has 0 N–H and O–H groups in total. The van der Waals surface area contributed by atoms with Crippen molar-refractivity contribution in [3.63, 3.8) is 0 Å². The predicted molar refractivity (Wildman–Crippen MR) is 155 cm³/mol. The van der Waals surface area contributed by atoms with Crippen molar-refractivity contribution in [1.82, 2.24) is 39.4 Å². The Morgan fingerprint density at radius 2 is 1.88 bits per heavy atom. The molecule has 1 amide bonds. The molecule has 0 spiro atoms. The summed E-state index contributed by atoms with van der Waals surface area (Å²) in [5.41, 5.74) is 3.69. The van der Waals surface area contributed by atoms with E-state index >= 15 is 0 Å². The number of nitrogens with zero attached hydrogens (tertiary/aromatic N) is 8. The summed E-state index contributed by atoms with van der Waals surface area (Å²) in [6, 6.07) is 17.8. The lowest BCUT2D eigenvalue weighted by Crippen LogP contribution is -2.48. The highest BCUT2D eigenvalue weighted by Crippen LogP contribution is 2.32. The second-order valence-corrected chi connectivity index (χ2v) is 10.8. The SMILES string of the molecule is Cn1c(-c2cn(Cc3ncoc3C3CN(C(=O)c4cc(Cl)nc(Oc5ccc(Cl)cc5)c4)C3)nn2)nc2ccccc21. The number of aromatic nitrogens is 7. The van der Waals surface area contributed by atoms with Gasteiger partial charge in [0.1, 0.15) is 28.1 Å². The van der Waals surface area contributed by atoms with Gasteiger partial charge >= 0.3 is 0 Å². The van der Waals surface area contributed by atoms with Crippen LogP contribution in [0.15, 0.2) is 77.7 Å². The van der Waals surface area contributed by atoms with E-state index < -0.39 is 0 Å². The van der Waals surface area contributed by atoms with E-state index in [0.29, 0.717) is 41.7 Å². The number of pyridine rings is 1. The van der Waals surface area contributed by atoms with Crippen LogP contribution in [-0.2, 0) is 13.6 Å². The summed E-state index contributed by atoms with van der Waals surface area (Å²) in [5, 5.41) is 9.36. The van der Waals surface area contributed by atoms with Gasteiger partial charge in [-0.15, -0.1) is 5.10 Å². The van der Waals surface area contributed by atoms with Crippen LogP contribution in [-0.4, -0.2) is 58.4 Å². The number of carbonyl (C=O) groups excluding carboxylic acids is 1. The Balaban J connectivity index is 1.02. The van der Waals surface area contributed by atoms with Gasteiger partial charge in [0.05, 0.1) is 29.7 Å². The smallest absolute Gasteiger partial charge is 0.254 e. The summed E-state index contributed by atoms with van der Waals surface area (Å²) >= 11 is 12.1. The van der Waals surface area contributed by atoms with Crippen molar-refractivity contribution in [2.45, 2.75) is 12.5 Å². The number of imidazole rings is 1. The first kappa shape index (κ1) is 26.2. The van der Waals surface area contributed by atoms with Crippen LogP contribution in [0.3, 0.4) is 0 Å². The monoisotopic (exact) mass is 600 g/mol. The van der Waals surface area contributed by atoms with E-state index in [-0.39, 0.29) is 22.9 Å². The Morgan fingerprint density at radius 3 is 2.69 bits per heavy atom. The van der Waals surface area contributed by atoms with Gasteiger partial charge in [-0.3, -0.25) is 4.79 Å². The second-order valence-electron chi connectivity index (χ2n) is 9.93. The van der Waals surface area contributed by atoms with Crippen molar-refractivity contribution in [2.24, 2.45) is 7.05 Å². The molecule has 1 saturated heterocycles. The summed E-state index contributed by atoms with van der Waals surface area (Å²) in [7, 11) is 1.95. The maximum Gasteiger partial charge on any atom is 0.254 e. The summed E-state index contributed by atoms with van der Waals surface area (Å²) in [6.45, 7) is 1.31. The Bertz CT molecular complexity index is 1930. The number of halogens is 2. The van der Waals surface area contributed by atoms with Crippen molar-refractivity contribution in [2.75, 3.05) is 13.1 Å². The molecule has 0 bridgehead atoms. The molecule has 1 aliphatic rings. The normalized spacial score (nSPS) is 13.5. The second kappa shape index (κ2) is 10.6. The lowest BCUT2D eigenvalue weighted by Gasteiger charge is -2.38. The van der Waals surface area contributed by atoms with E-state index in [9.17, 15) is 4.79 Å². The number of ether oxygens (including phenoxy) is 1. The number of para-hydroxylation sites is 2. The molecule has 0 atom stereocenters. The lowest BCUT2D eigenvalue weighted by molar-refractivity contribution is 0.0580. The third-order valence-corrected chi connectivity index (χ3v) is 7.58. The van der Waals surface area contributed by atoms with Gasteiger partial charge in [-0.2, -0.15) is 0 Å². The molecule has 1 fully saturated rings.